The molecule has 0 bridgehead atoms. The molecule has 3 rings (SSSR count). The predicted octanol–water partition coefficient (Wildman–Crippen LogP) is 1.80. The molecule has 0 spiro atoms. The third kappa shape index (κ3) is 4.26. The number of nitrogens with one attached hydrogen (secondary N) is 2. The first-order chi connectivity index (χ1) is 11.2. The number of nitrogens with zero attached hydrogens (tertiary/aromatic N) is 4. The number of aromatic amines is 1. The molecule has 2 N–H and O–H groups in total. The first kappa shape index (κ1) is 15.4. The molecule has 1 aromatic carbocycles. The van der Waals surface area contributed by atoms with E-state index < -0.39 is 0 Å². The van der Waals surface area contributed by atoms with Crippen molar-refractivity contribution in [3.63, 3.8) is 0 Å². The first-order valence-corrected chi connectivity index (χ1v) is 7.72. The van der Waals surface area contributed by atoms with E-state index in [0.29, 0.717) is 18.3 Å². The number of aromatic nitrogens is 4. The van der Waals surface area contributed by atoms with Gasteiger partial charge >= 0.3 is 6.01 Å². The quantitative estimate of drug-likeness (QED) is 0.843. The first-order valence-electron chi connectivity index (χ1n) is 7.72. The summed E-state index contributed by atoms with van der Waals surface area (Å²) in [5, 5.41) is 16.0. The molecule has 0 aliphatic heterocycles. The van der Waals surface area contributed by atoms with Crippen molar-refractivity contribution in [1.82, 2.24) is 25.5 Å². The second-order valence-corrected chi connectivity index (χ2v) is 5.72. The van der Waals surface area contributed by atoms with E-state index in [9.17, 15) is 4.79 Å². The Hall–Kier alpha value is -2.48. The van der Waals surface area contributed by atoms with Crippen LogP contribution >= 0.6 is 0 Å². The van der Waals surface area contributed by atoms with Gasteiger partial charge in [0.25, 0.3) is 0 Å². The Morgan fingerprint density at radius 3 is 2.74 bits per heavy atom. The standard InChI is InChI=1S/C15H20N6O2/c1-21(12-4-2-3-5-12)10-14(22)16-11-6-8-13(9-7-11)23-15-17-19-20-18-15/h6-9,12H,2-5,10H2,1H3,(H,16,22)(H,17,18,19,20). The van der Waals surface area contributed by atoms with E-state index in [1.807, 2.05) is 7.05 Å². The summed E-state index contributed by atoms with van der Waals surface area (Å²) in [5.74, 6) is 0.568. The van der Waals surface area contributed by atoms with E-state index in [0.717, 1.165) is 5.69 Å². The highest BCUT2D eigenvalue weighted by Gasteiger charge is 2.21. The van der Waals surface area contributed by atoms with Gasteiger partial charge < -0.3 is 10.1 Å². The Kier molecular flexibility index (Phi) is 4.82. The fourth-order valence-corrected chi connectivity index (χ4v) is 2.81. The average molecular weight is 316 g/mol. The molecule has 0 atom stereocenters. The molecule has 1 aromatic heterocycles. The number of H-pyrrole nitrogens is 1. The van der Waals surface area contributed by atoms with Crippen molar-refractivity contribution in [3.8, 4) is 11.8 Å². The number of hydrogen-bond acceptors (Lipinski definition) is 6. The van der Waals surface area contributed by atoms with Gasteiger partial charge in [0.2, 0.25) is 5.91 Å². The van der Waals surface area contributed by atoms with Crippen LogP contribution < -0.4 is 10.1 Å². The van der Waals surface area contributed by atoms with Gasteiger partial charge in [-0.3, -0.25) is 9.69 Å². The van der Waals surface area contributed by atoms with Crippen molar-refractivity contribution < 1.29 is 9.53 Å². The van der Waals surface area contributed by atoms with Crippen molar-refractivity contribution in [3.05, 3.63) is 24.3 Å². The lowest BCUT2D eigenvalue weighted by Gasteiger charge is -2.23. The summed E-state index contributed by atoms with van der Waals surface area (Å²) < 4.78 is 5.37. The number of carbonyl (C=O) groups excluding carboxylic acids is 1. The van der Waals surface area contributed by atoms with Crippen molar-refractivity contribution in [2.24, 2.45) is 0 Å². The Morgan fingerprint density at radius 1 is 1.35 bits per heavy atom. The molecular weight excluding hydrogens is 296 g/mol. The normalized spacial score (nSPS) is 15.0. The van der Waals surface area contributed by atoms with E-state index in [1.165, 1.54) is 25.7 Å². The highest BCUT2D eigenvalue weighted by Crippen LogP contribution is 2.22. The summed E-state index contributed by atoms with van der Waals surface area (Å²) in [6.45, 7) is 0.409. The van der Waals surface area contributed by atoms with Gasteiger partial charge in [-0.25, -0.2) is 0 Å². The number of carbonyl (C=O) groups is 1. The van der Waals surface area contributed by atoms with Gasteiger partial charge in [-0.05, 0) is 49.4 Å². The molecule has 1 amide bonds. The zero-order valence-corrected chi connectivity index (χ0v) is 13.0. The van der Waals surface area contributed by atoms with Gasteiger partial charge in [-0.2, -0.15) is 5.21 Å². The molecule has 122 valence electrons. The van der Waals surface area contributed by atoms with Crippen LogP contribution in [0.3, 0.4) is 0 Å². The second-order valence-electron chi connectivity index (χ2n) is 5.72. The fourth-order valence-electron chi connectivity index (χ4n) is 2.81. The molecule has 1 fully saturated rings. The van der Waals surface area contributed by atoms with Crippen molar-refractivity contribution in [1.29, 1.82) is 0 Å². The minimum Gasteiger partial charge on any atom is -0.422 e. The van der Waals surface area contributed by atoms with Crippen LogP contribution in [0.25, 0.3) is 0 Å². The molecule has 1 aliphatic rings. The van der Waals surface area contributed by atoms with E-state index in [-0.39, 0.29) is 11.9 Å². The van der Waals surface area contributed by atoms with Crippen LogP contribution in [0.1, 0.15) is 25.7 Å². The van der Waals surface area contributed by atoms with Gasteiger partial charge in [-0.15, -0.1) is 0 Å². The molecule has 2 aromatic rings. The molecule has 0 radical (unpaired) electrons. The summed E-state index contributed by atoms with van der Waals surface area (Å²) in [7, 11) is 2.01. The van der Waals surface area contributed by atoms with Crippen molar-refractivity contribution in [2.75, 3.05) is 18.9 Å². The number of rotatable bonds is 6. The summed E-state index contributed by atoms with van der Waals surface area (Å²) in [5.41, 5.74) is 0.732. The largest absolute Gasteiger partial charge is 0.422 e. The number of likely N-dealkylation sites (N-methyl/N-ethyl adjacent to an activating group) is 1. The molecule has 8 heteroatoms. The third-order valence-electron chi connectivity index (χ3n) is 4.01. The maximum atomic E-state index is 12.1. The smallest absolute Gasteiger partial charge is 0.361 e. The van der Waals surface area contributed by atoms with Crippen LogP contribution in [-0.2, 0) is 4.79 Å². The van der Waals surface area contributed by atoms with Gasteiger partial charge in [0.15, 0.2) is 0 Å². The zero-order chi connectivity index (χ0) is 16.1. The lowest BCUT2D eigenvalue weighted by Crippen LogP contribution is -2.36. The average Bonchev–Trinajstić information content (AvgIpc) is 3.22. The SMILES string of the molecule is CN(CC(=O)Nc1ccc(Oc2nn[nH]n2)cc1)C1CCCC1. The molecule has 0 saturated heterocycles. The Labute approximate surface area is 134 Å². The highest BCUT2D eigenvalue weighted by atomic mass is 16.5. The molecule has 8 nitrogen and oxygen atoms in total. The molecule has 1 heterocycles. The Balaban J connectivity index is 1.50. The summed E-state index contributed by atoms with van der Waals surface area (Å²) in [4.78, 5) is 14.2. The number of hydrogen-bond donors (Lipinski definition) is 2. The van der Waals surface area contributed by atoms with Crippen molar-refractivity contribution in [2.45, 2.75) is 31.7 Å². The molecule has 23 heavy (non-hydrogen) atoms. The Morgan fingerprint density at radius 2 is 2.09 bits per heavy atom. The molecule has 0 unspecified atom stereocenters. The monoisotopic (exact) mass is 316 g/mol. The third-order valence-corrected chi connectivity index (χ3v) is 4.01. The molecule has 1 saturated carbocycles. The highest BCUT2D eigenvalue weighted by molar-refractivity contribution is 5.92. The second kappa shape index (κ2) is 7.19. The van der Waals surface area contributed by atoms with Crippen LogP contribution in [0, 0.1) is 0 Å². The zero-order valence-electron chi connectivity index (χ0n) is 13.0. The number of amides is 1. The minimum absolute atomic E-state index is 0.00811. The van der Waals surface area contributed by atoms with E-state index in [1.54, 1.807) is 24.3 Å². The van der Waals surface area contributed by atoms with E-state index in [2.05, 4.69) is 30.8 Å². The summed E-state index contributed by atoms with van der Waals surface area (Å²) in [6.07, 6.45) is 4.90. The van der Waals surface area contributed by atoms with Gasteiger partial charge in [-0.1, -0.05) is 23.0 Å². The minimum atomic E-state index is -0.00811. The molecule has 1 aliphatic carbocycles. The van der Waals surface area contributed by atoms with Crippen LogP contribution in [0.2, 0.25) is 0 Å². The molecular formula is C15H20N6O2. The van der Waals surface area contributed by atoms with E-state index in [4.69, 9.17) is 4.74 Å². The van der Waals surface area contributed by atoms with E-state index >= 15 is 0 Å². The summed E-state index contributed by atoms with van der Waals surface area (Å²) in [6, 6.07) is 7.73. The van der Waals surface area contributed by atoms with Crippen LogP contribution in [0.15, 0.2) is 24.3 Å². The number of tetrazole rings is 1. The van der Waals surface area contributed by atoms with Gasteiger partial charge in [0.05, 0.1) is 6.54 Å². The van der Waals surface area contributed by atoms with Crippen LogP contribution in [-0.4, -0.2) is 51.1 Å². The summed E-state index contributed by atoms with van der Waals surface area (Å²) >= 11 is 0. The maximum Gasteiger partial charge on any atom is 0.361 e. The maximum absolute atomic E-state index is 12.1. The van der Waals surface area contributed by atoms with Crippen LogP contribution in [0.5, 0.6) is 11.8 Å². The lowest BCUT2D eigenvalue weighted by molar-refractivity contribution is -0.117. The fraction of sp³-hybridized carbons (Fsp3) is 0.467. The lowest BCUT2D eigenvalue weighted by atomic mass is 10.2. The topological polar surface area (TPSA) is 96.0 Å². The predicted molar refractivity (Wildman–Crippen MR) is 84.2 cm³/mol. The number of anilines is 1. The van der Waals surface area contributed by atoms with Crippen LogP contribution in [0.4, 0.5) is 5.69 Å². The van der Waals surface area contributed by atoms with Gasteiger partial charge in [0.1, 0.15) is 5.75 Å². The number of benzene rings is 1. The van der Waals surface area contributed by atoms with Crippen molar-refractivity contribution >= 4 is 11.6 Å². The Bertz CT molecular complexity index is 622. The number of ether oxygens (including phenoxy) is 1. The van der Waals surface area contributed by atoms with Gasteiger partial charge in [0, 0.05) is 11.7 Å².